The molecular formula is C19H25NO. The van der Waals surface area contributed by atoms with Crippen LogP contribution in [0.15, 0.2) is 35.9 Å². The first kappa shape index (κ1) is 14.5. The summed E-state index contributed by atoms with van der Waals surface area (Å²) in [6.45, 7) is 8.44. The third-order valence-corrected chi connectivity index (χ3v) is 4.92. The number of Topliss-reactive ketones (excluding diaryl/α,β-unsaturated/α-hetero) is 1. The maximum atomic E-state index is 13.0. The van der Waals surface area contributed by atoms with Crippen LogP contribution < -0.4 is 0 Å². The maximum Gasteiger partial charge on any atom is 0.167 e. The molecule has 1 aromatic carbocycles. The Labute approximate surface area is 127 Å². The molecule has 0 bridgehead atoms. The van der Waals surface area contributed by atoms with Crippen LogP contribution in [0.3, 0.4) is 0 Å². The number of rotatable bonds is 3. The second kappa shape index (κ2) is 5.76. The Morgan fingerprint density at radius 2 is 2.14 bits per heavy atom. The van der Waals surface area contributed by atoms with Gasteiger partial charge in [-0.3, -0.25) is 9.69 Å². The largest absolute Gasteiger partial charge is 0.299 e. The number of benzene rings is 1. The van der Waals surface area contributed by atoms with E-state index >= 15 is 0 Å². The highest BCUT2D eigenvalue weighted by Gasteiger charge is 2.45. The van der Waals surface area contributed by atoms with Crippen molar-refractivity contribution in [1.29, 1.82) is 0 Å². The molecule has 2 saturated heterocycles. The van der Waals surface area contributed by atoms with Gasteiger partial charge in [0.15, 0.2) is 5.78 Å². The van der Waals surface area contributed by atoms with E-state index in [1.54, 1.807) is 0 Å². The van der Waals surface area contributed by atoms with Crippen LogP contribution in [-0.4, -0.2) is 29.8 Å². The number of carbonyl (C=O) groups is 1. The van der Waals surface area contributed by atoms with E-state index in [4.69, 9.17) is 0 Å². The second-order valence-corrected chi connectivity index (χ2v) is 6.87. The molecule has 2 heterocycles. The fourth-order valence-corrected chi connectivity index (χ4v) is 4.04. The van der Waals surface area contributed by atoms with E-state index in [1.807, 2.05) is 18.2 Å². The fourth-order valence-electron chi connectivity index (χ4n) is 4.04. The molecule has 2 nitrogen and oxygen atoms in total. The summed E-state index contributed by atoms with van der Waals surface area (Å²) in [5.74, 6) is 0.855. The van der Waals surface area contributed by atoms with E-state index < -0.39 is 0 Å². The maximum absolute atomic E-state index is 13.0. The van der Waals surface area contributed by atoms with Crippen LogP contribution >= 0.6 is 0 Å². The summed E-state index contributed by atoms with van der Waals surface area (Å²) < 4.78 is 0. The summed E-state index contributed by atoms with van der Waals surface area (Å²) in [6.07, 6.45) is 4.86. The van der Waals surface area contributed by atoms with Gasteiger partial charge in [0, 0.05) is 30.0 Å². The number of nitrogens with zero attached hydrogens (tertiary/aromatic N) is 1. The van der Waals surface area contributed by atoms with Crippen LogP contribution in [0.4, 0.5) is 0 Å². The molecule has 0 unspecified atom stereocenters. The predicted octanol–water partition coefficient (Wildman–Crippen LogP) is 3.85. The van der Waals surface area contributed by atoms with Crippen molar-refractivity contribution in [1.82, 2.24) is 4.90 Å². The molecule has 3 rings (SSSR count). The molecule has 0 amide bonds. The zero-order valence-electron chi connectivity index (χ0n) is 13.3. The lowest BCUT2D eigenvalue weighted by Gasteiger charge is -2.20. The van der Waals surface area contributed by atoms with E-state index in [-0.39, 0.29) is 5.92 Å². The molecule has 0 aliphatic carbocycles. The van der Waals surface area contributed by atoms with Gasteiger partial charge in [0.05, 0.1) is 0 Å². The summed E-state index contributed by atoms with van der Waals surface area (Å²) in [5, 5.41) is 0. The van der Waals surface area contributed by atoms with Crippen LogP contribution in [0.5, 0.6) is 0 Å². The van der Waals surface area contributed by atoms with E-state index in [0.29, 0.717) is 17.7 Å². The smallest absolute Gasteiger partial charge is 0.167 e. The molecular weight excluding hydrogens is 258 g/mol. The molecule has 1 aromatic rings. The quantitative estimate of drug-likeness (QED) is 0.620. The van der Waals surface area contributed by atoms with Gasteiger partial charge in [-0.15, -0.1) is 0 Å². The van der Waals surface area contributed by atoms with Crippen LogP contribution in [0.25, 0.3) is 0 Å². The molecule has 2 aliphatic rings. The zero-order valence-corrected chi connectivity index (χ0v) is 13.3. The van der Waals surface area contributed by atoms with Crippen molar-refractivity contribution in [3.05, 3.63) is 47.0 Å². The first-order valence-electron chi connectivity index (χ1n) is 8.06. The van der Waals surface area contributed by atoms with Gasteiger partial charge in [-0.05, 0) is 46.2 Å². The average molecular weight is 283 g/mol. The van der Waals surface area contributed by atoms with Crippen molar-refractivity contribution in [2.45, 2.75) is 39.7 Å². The van der Waals surface area contributed by atoms with Crippen LogP contribution in [0.1, 0.15) is 42.6 Å². The topological polar surface area (TPSA) is 20.3 Å². The number of fused-ring (bicyclic) bond motifs is 1. The Kier molecular flexibility index (Phi) is 3.99. The van der Waals surface area contributed by atoms with Crippen molar-refractivity contribution >= 4 is 5.78 Å². The normalized spacial score (nSPS) is 28.4. The number of carbonyl (C=O) groups excluding carboxylic acids is 1. The van der Waals surface area contributed by atoms with E-state index in [1.165, 1.54) is 18.4 Å². The Morgan fingerprint density at radius 3 is 2.86 bits per heavy atom. The first-order chi connectivity index (χ1) is 10.1. The van der Waals surface area contributed by atoms with Gasteiger partial charge in [-0.25, -0.2) is 0 Å². The predicted molar refractivity (Wildman–Crippen MR) is 86.5 cm³/mol. The third-order valence-electron chi connectivity index (χ3n) is 4.92. The van der Waals surface area contributed by atoms with Crippen molar-refractivity contribution in [2.75, 3.05) is 13.1 Å². The standard InChI is InChI=1S/C19H25NO/c1-13(2)10-16-17(12-20-9-5-8-18(16)20)19(21)15-7-4-6-14(3)11-15/h4,6-7,10-11,16-18H,5,8-9,12H2,1-3H3/t16-,17+,18+/m0/s1. The summed E-state index contributed by atoms with van der Waals surface area (Å²) in [5.41, 5.74) is 3.38. The van der Waals surface area contributed by atoms with Gasteiger partial charge in [-0.1, -0.05) is 35.4 Å². The lowest BCUT2D eigenvalue weighted by molar-refractivity contribution is 0.0906. The van der Waals surface area contributed by atoms with Crippen LogP contribution in [0, 0.1) is 18.8 Å². The summed E-state index contributed by atoms with van der Waals surface area (Å²) in [7, 11) is 0. The zero-order chi connectivity index (χ0) is 15.0. The highest BCUT2D eigenvalue weighted by Crippen LogP contribution is 2.39. The molecule has 0 saturated carbocycles. The Hall–Kier alpha value is -1.41. The summed E-state index contributed by atoms with van der Waals surface area (Å²) in [4.78, 5) is 15.5. The summed E-state index contributed by atoms with van der Waals surface area (Å²) in [6, 6.07) is 8.63. The minimum absolute atomic E-state index is 0.131. The minimum Gasteiger partial charge on any atom is -0.299 e. The number of aryl methyl sites for hydroxylation is 1. The third kappa shape index (κ3) is 2.82. The van der Waals surface area contributed by atoms with Crippen molar-refractivity contribution < 1.29 is 4.79 Å². The number of allylic oxidation sites excluding steroid dienone is 1. The monoisotopic (exact) mass is 283 g/mol. The van der Waals surface area contributed by atoms with Crippen molar-refractivity contribution in [2.24, 2.45) is 11.8 Å². The molecule has 0 N–H and O–H groups in total. The molecule has 0 aromatic heterocycles. The van der Waals surface area contributed by atoms with Gasteiger partial charge < -0.3 is 0 Å². The SMILES string of the molecule is CC(C)=C[C@@H]1[C@H]2CCCN2C[C@H]1C(=O)c1cccc(C)c1. The molecule has 2 fully saturated rings. The average Bonchev–Trinajstić information content (AvgIpc) is 3.00. The molecule has 2 heteroatoms. The van der Waals surface area contributed by atoms with Gasteiger partial charge in [0.1, 0.15) is 0 Å². The van der Waals surface area contributed by atoms with Gasteiger partial charge in [0.25, 0.3) is 0 Å². The molecule has 2 aliphatic heterocycles. The molecule has 112 valence electrons. The van der Waals surface area contributed by atoms with Crippen molar-refractivity contribution in [3.63, 3.8) is 0 Å². The van der Waals surface area contributed by atoms with E-state index in [9.17, 15) is 4.79 Å². The Morgan fingerprint density at radius 1 is 1.33 bits per heavy atom. The van der Waals surface area contributed by atoms with Crippen LogP contribution in [-0.2, 0) is 0 Å². The first-order valence-corrected chi connectivity index (χ1v) is 8.06. The van der Waals surface area contributed by atoms with E-state index in [2.05, 4.69) is 37.8 Å². The van der Waals surface area contributed by atoms with Gasteiger partial charge in [-0.2, -0.15) is 0 Å². The number of ketones is 1. The fraction of sp³-hybridized carbons (Fsp3) is 0.526. The van der Waals surface area contributed by atoms with E-state index in [0.717, 1.165) is 24.2 Å². The Balaban J connectivity index is 1.89. The van der Waals surface area contributed by atoms with Crippen molar-refractivity contribution in [3.8, 4) is 0 Å². The number of hydrogen-bond donors (Lipinski definition) is 0. The highest BCUT2D eigenvalue weighted by molar-refractivity contribution is 5.98. The highest BCUT2D eigenvalue weighted by atomic mass is 16.1. The lowest BCUT2D eigenvalue weighted by atomic mass is 9.82. The lowest BCUT2D eigenvalue weighted by Crippen LogP contribution is -2.25. The minimum atomic E-state index is 0.131. The van der Waals surface area contributed by atoms with Gasteiger partial charge in [0.2, 0.25) is 0 Å². The molecule has 0 spiro atoms. The molecule has 3 atom stereocenters. The van der Waals surface area contributed by atoms with Crippen LogP contribution in [0.2, 0.25) is 0 Å². The van der Waals surface area contributed by atoms with Gasteiger partial charge >= 0.3 is 0 Å². The Bertz CT molecular complexity index is 571. The molecule has 0 radical (unpaired) electrons. The molecule has 21 heavy (non-hydrogen) atoms. The summed E-state index contributed by atoms with van der Waals surface area (Å²) >= 11 is 0. The number of hydrogen-bond acceptors (Lipinski definition) is 2. The second-order valence-electron chi connectivity index (χ2n) is 6.87.